The average Bonchev–Trinajstić information content (AvgIpc) is 3.26. The number of carbonyl (C=O) groups is 2. The summed E-state index contributed by atoms with van der Waals surface area (Å²) in [6.07, 6.45) is 1.42. The molecule has 0 unspecified atom stereocenters. The summed E-state index contributed by atoms with van der Waals surface area (Å²) in [5, 5.41) is 7.00. The Labute approximate surface area is 160 Å². The van der Waals surface area contributed by atoms with Crippen LogP contribution in [0.25, 0.3) is 0 Å². The van der Waals surface area contributed by atoms with Crippen molar-refractivity contribution in [2.24, 2.45) is 5.10 Å². The van der Waals surface area contributed by atoms with Crippen molar-refractivity contribution < 1.29 is 14.0 Å². The summed E-state index contributed by atoms with van der Waals surface area (Å²) < 4.78 is 5.09. The number of thioether (sulfide) groups is 1. The Bertz CT molecular complexity index is 910. The van der Waals surface area contributed by atoms with Crippen LogP contribution in [0, 0.1) is 0 Å². The van der Waals surface area contributed by atoms with E-state index >= 15 is 0 Å². The Morgan fingerprint density at radius 2 is 1.59 bits per heavy atom. The standard InChI is InChI=1S/C20H17N3O3S/c24-18(16-10-5-2-6-11-16)22-23-20(21-19(25)17-12-7-13-26-17)27-14-15-8-3-1-4-9-15/h1-13H,14H2,(H,22,24)(H,21,23,25). The van der Waals surface area contributed by atoms with Gasteiger partial charge in [0.1, 0.15) is 0 Å². The van der Waals surface area contributed by atoms with Gasteiger partial charge in [0.05, 0.1) is 6.26 Å². The van der Waals surface area contributed by atoms with Gasteiger partial charge >= 0.3 is 0 Å². The maximum Gasteiger partial charge on any atom is 0.292 e. The molecule has 1 aromatic heterocycles. The first-order chi connectivity index (χ1) is 13.2. The average molecular weight is 379 g/mol. The molecule has 136 valence electrons. The minimum absolute atomic E-state index is 0.164. The van der Waals surface area contributed by atoms with Gasteiger partial charge in [0.15, 0.2) is 10.9 Å². The van der Waals surface area contributed by atoms with Crippen molar-refractivity contribution in [3.05, 3.63) is 95.9 Å². The Kier molecular flexibility index (Phi) is 6.43. The Morgan fingerprint density at radius 1 is 0.889 bits per heavy atom. The molecule has 2 amide bonds. The molecule has 0 saturated heterocycles. The number of hydrazone groups is 1. The molecular formula is C20H17N3O3S. The molecule has 0 saturated carbocycles. The lowest BCUT2D eigenvalue weighted by molar-refractivity contribution is 0.0938. The molecule has 0 bridgehead atoms. The number of hydrogen-bond acceptors (Lipinski definition) is 5. The third-order valence-electron chi connectivity index (χ3n) is 3.48. The third-order valence-corrected chi connectivity index (χ3v) is 4.42. The van der Waals surface area contributed by atoms with Gasteiger partial charge in [-0.05, 0) is 29.8 Å². The number of carbonyl (C=O) groups excluding carboxylic acids is 2. The zero-order valence-corrected chi connectivity index (χ0v) is 15.1. The van der Waals surface area contributed by atoms with E-state index < -0.39 is 5.91 Å². The molecule has 0 aliphatic rings. The number of amides is 2. The van der Waals surface area contributed by atoms with Crippen LogP contribution in [0.5, 0.6) is 0 Å². The van der Waals surface area contributed by atoms with E-state index in [0.717, 1.165) is 5.56 Å². The highest BCUT2D eigenvalue weighted by atomic mass is 32.2. The Balaban J connectivity index is 1.69. The van der Waals surface area contributed by atoms with Gasteiger partial charge in [0, 0.05) is 11.3 Å². The Morgan fingerprint density at radius 3 is 2.26 bits per heavy atom. The van der Waals surface area contributed by atoms with E-state index in [1.807, 2.05) is 36.4 Å². The molecule has 2 N–H and O–H groups in total. The van der Waals surface area contributed by atoms with Gasteiger partial charge in [0.25, 0.3) is 11.8 Å². The smallest absolute Gasteiger partial charge is 0.292 e. The van der Waals surface area contributed by atoms with Gasteiger partial charge in [-0.15, -0.1) is 5.10 Å². The quantitative estimate of drug-likeness (QED) is 0.403. The minimum atomic E-state index is -0.437. The van der Waals surface area contributed by atoms with Crippen LogP contribution in [0.4, 0.5) is 0 Å². The SMILES string of the molecule is O=C(N/N=C(/NC(=O)c1ccco1)SCc1ccccc1)c1ccccc1. The molecule has 6 nitrogen and oxygen atoms in total. The maximum absolute atomic E-state index is 12.2. The van der Waals surface area contributed by atoms with Crippen molar-refractivity contribution in [1.29, 1.82) is 0 Å². The number of furan rings is 1. The molecule has 0 aliphatic heterocycles. The normalized spacial score (nSPS) is 11.0. The maximum atomic E-state index is 12.2. The molecule has 3 aromatic rings. The fraction of sp³-hybridized carbons (Fsp3) is 0.0500. The monoisotopic (exact) mass is 379 g/mol. The van der Waals surface area contributed by atoms with Crippen molar-refractivity contribution in [1.82, 2.24) is 10.7 Å². The first-order valence-corrected chi connectivity index (χ1v) is 9.15. The van der Waals surface area contributed by atoms with Crippen molar-refractivity contribution in [2.75, 3.05) is 0 Å². The van der Waals surface area contributed by atoms with Gasteiger partial charge in [-0.2, -0.15) is 0 Å². The van der Waals surface area contributed by atoms with Crippen molar-refractivity contribution in [3.8, 4) is 0 Å². The second-order valence-electron chi connectivity index (χ2n) is 5.43. The fourth-order valence-electron chi connectivity index (χ4n) is 2.14. The summed E-state index contributed by atoms with van der Waals surface area (Å²) in [6.45, 7) is 0. The molecule has 2 aromatic carbocycles. The van der Waals surface area contributed by atoms with E-state index in [-0.39, 0.29) is 16.8 Å². The van der Waals surface area contributed by atoms with Gasteiger partial charge in [0.2, 0.25) is 0 Å². The summed E-state index contributed by atoms with van der Waals surface area (Å²) in [6, 6.07) is 21.7. The fourth-order valence-corrected chi connectivity index (χ4v) is 2.92. The second-order valence-corrected chi connectivity index (χ2v) is 6.39. The molecule has 0 spiro atoms. The summed E-state index contributed by atoms with van der Waals surface area (Å²) in [5.41, 5.74) is 4.01. The second kappa shape index (κ2) is 9.40. The van der Waals surface area contributed by atoms with Crippen LogP contribution in [0.3, 0.4) is 0 Å². The molecule has 27 heavy (non-hydrogen) atoms. The van der Waals surface area contributed by atoms with E-state index in [2.05, 4.69) is 15.8 Å². The summed E-state index contributed by atoms with van der Waals surface area (Å²) in [4.78, 5) is 24.4. The number of hydrogen-bond donors (Lipinski definition) is 2. The van der Waals surface area contributed by atoms with Crippen molar-refractivity contribution >= 4 is 28.7 Å². The lowest BCUT2D eigenvalue weighted by atomic mass is 10.2. The number of nitrogens with zero attached hydrogens (tertiary/aromatic N) is 1. The number of nitrogens with one attached hydrogen (secondary N) is 2. The van der Waals surface area contributed by atoms with Crippen LogP contribution in [-0.2, 0) is 5.75 Å². The predicted octanol–water partition coefficient (Wildman–Crippen LogP) is 3.64. The van der Waals surface area contributed by atoms with Crippen molar-refractivity contribution in [2.45, 2.75) is 5.75 Å². The van der Waals surface area contributed by atoms with E-state index in [4.69, 9.17) is 4.42 Å². The highest BCUT2D eigenvalue weighted by Crippen LogP contribution is 2.13. The number of rotatable bonds is 5. The first kappa shape index (κ1) is 18.5. The lowest BCUT2D eigenvalue weighted by Crippen LogP contribution is -2.31. The van der Waals surface area contributed by atoms with Crippen LogP contribution >= 0.6 is 11.8 Å². The van der Waals surface area contributed by atoms with Crippen LogP contribution in [0.2, 0.25) is 0 Å². The summed E-state index contributed by atoms with van der Waals surface area (Å²) >= 11 is 1.30. The van der Waals surface area contributed by atoms with E-state index in [1.165, 1.54) is 18.0 Å². The Hall–Kier alpha value is -3.32. The first-order valence-electron chi connectivity index (χ1n) is 8.17. The zero-order valence-electron chi connectivity index (χ0n) is 14.3. The van der Waals surface area contributed by atoms with Crippen LogP contribution in [-0.4, -0.2) is 17.0 Å². The molecule has 1 heterocycles. The largest absolute Gasteiger partial charge is 0.459 e. The third kappa shape index (κ3) is 5.58. The molecular weight excluding hydrogens is 362 g/mol. The highest BCUT2D eigenvalue weighted by molar-refractivity contribution is 8.13. The van der Waals surface area contributed by atoms with Gasteiger partial charge in [-0.1, -0.05) is 60.3 Å². The molecule has 7 heteroatoms. The van der Waals surface area contributed by atoms with Gasteiger partial charge < -0.3 is 4.42 Å². The summed E-state index contributed by atoms with van der Waals surface area (Å²) in [5.74, 6) is -0.0504. The van der Waals surface area contributed by atoms with E-state index in [9.17, 15) is 9.59 Å². The van der Waals surface area contributed by atoms with Gasteiger partial charge in [-0.25, -0.2) is 5.43 Å². The number of amidine groups is 1. The molecule has 0 fully saturated rings. The van der Waals surface area contributed by atoms with E-state index in [0.29, 0.717) is 11.3 Å². The topological polar surface area (TPSA) is 83.7 Å². The van der Waals surface area contributed by atoms with Crippen LogP contribution < -0.4 is 10.7 Å². The highest BCUT2D eigenvalue weighted by Gasteiger charge is 2.13. The minimum Gasteiger partial charge on any atom is -0.459 e. The zero-order chi connectivity index (χ0) is 18.9. The molecule has 0 atom stereocenters. The van der Waals surface area contributed by atoms with Gasteiger partial charge in [-0.3, -0.25) is 14.9 Å². The summed E-state index contributed by atoms with van der Waals surface area (Å²) in [7, 11) is 0. The van der Waals surface area contributed by atoms with Crippen molar-refractivity contribution in [3.63, 3.8) is 0 Å². The van der Waals surface area contributed by atoms with Crippen LogP contribution in [0.15, 0.2) is 88.6 Å². The molecule has 0 aliphatic carbocycles. The molecule has 3 rings (SSSR count). The number of benzene rings is 2. The van der Waals surface area contributed by atoms with E-state index in [1.54, 1.807) is 36.4 Å². The lowest BCUT2D eigenvalue weighted by Gasteiger charge is -2.08. The predicted molar refractivity (Wildman–Crippen MR) is 105 cm³/mol. The van der Waals surface area contributed by atoms with Crippen LogP contribution in [0.1, 0.15) is 26.5 Å². The molecule has 0 radical (unpaired) electrons.